The summed E-state index contributed by atoms with van der Waals surface area (Å²) >= 11 is 12.5. The lowest BCUT2D eigenvalue weighted by molar-refractivity contribution is -0.136. The van der Waals surface area contributed by atoms with Gasteiger partial charge in [0.1, 0.15) is 0 Å². The van der Waals surface area contributed by atoms with E-state index in [1.165, 1.54) is 0 Å². The van der Waals surface area contributed by atoms with Crippen LogP contribution in [-0.4, -0.2) is 17.1 Å². The summed E-state index contributed by atoms with van der Waals surface area (Å²) < 4.78 is 0. The molecule has 182 valence electrons. The first-order chi connectivity index (χ1) is 16.2. The molecule has 2 aromatic rings. The van der Waals surface area contributed by atoms with E-state index in [9.17, 15) is 9.90 Å². The van der Waals surface area contributed by atoms with Crippen molar-refractivity contribution in [3.05, 3.63) is 82.4 Å². The van der Waals surface area contributed by atoms with E-state index in [0.717, 1.165) is 36.8 Å². The lowest BCUT2D eigenvalue weighted by atomic mass is 9.65. The average molecular weight is 501 g/mol. The van der Waals surface area contributed by atoms with Crippen LogP contribution in [0.3, 0.4) is 0 Å². The molecule has 0 spiro atoms. The number of amides is 1. The molecule has 3 nitrogen and oxygen atoms in total. The molecular formula is C29H35Cl2NO2. The summed E-state index contributed by atoms with van der Waals surface area (Å²) in [6.07, 6.45) is 6.65. The van der Waals surface area contributed by atoms with Crippen LogP contribution in [0.25, 0.3) is 0 Å². The molecule has 34 heavy (non-hydrogen) atoms. The summed E-state index contributed by atoms with van der Waals surface area (Å²) in [5, 5.41) is 16.8. The normalized spacial score (nSPS) is 27.5. The van der Waals surface area contributed by atoms with Crippen LogP contribution in [0.4, 0.5) is 0 Å². The number of piperidine rings is 1. The Morgan fingerprint density at radius 2 is 1.91 bits per heavy atom. The first-order valence-electron chi connectivity index (χ1n) is 12.4. The summed E-state index contributed by atoms with van der Waals surface area (Å²) in [5.41, 5.74) is 0.590. The second-order valence-corrected chi connectivity index (χ2v) is 11.4. The summed E-state index contributed by atoms with van der Waals surface area (Å²) in [5.74, 6) is 0.496. The number of carbonyl (C=O) groups is 1. The van der Waals surface area contributed by atoms with E-state index in [1.54, 1.807) is 0 Å². The van der Waals surface area contributed by atoms with Crippen LogP contribution in [0, 0.1) is 17.3 Å². The molecule has 4 rings (SSSR count). The highest BCUT2D eigenvalue weighted by Crippen LogP contribution is 2.52. The molecular weight excluding hydrogens is 465 g/mol. The fourth-order valence-electron chi connectivity index (χ4n) is 5.88. The van der Waals surface area contributed by atoms with E-state index < -0.39 is 11.0 Å². The molecule has 2 aromatic carbocycles. The van der Waals surface area contributed by atoms with Gasteiger partial charge < -0.3 is 10.4 Å². The van der Waals surface area contributed by atoms with Gasteiger partial charge in [-0.05, 0) is 79.3 Å². The SMILES string of the molecule is C=CC[C@@]1(C)C[C@H](c2cccc(Cl)c2)[C@H](C(CC)CC(O)(c2ccc(Cl)cc2)C2CC2)NC1=O. The Kier molecular flexibility index (Phi) is 7.47. The topological polar surface area (TPSA) is 49.3 Å². The second-order valence-electron chi connectivity index (χ2n) is 10.5. The number of halogens is 2. The van der Waals surface area contributed by atoms with E-state index in [-0.39, 0.29) is 29.7 Å². The standard InChI is InChI=1S/C29H35Cl2NO2/c1-4-15-28(3)18-25(20-7-6-8-24(31)16-20)26(32-27(28)33)19(5-2)17-29(34,21-9-10-21)22-11-13-23(30)14-12-22/h4,6-8,11-14,16,19,21,25-26,34H,1,5,9-10,15,17-18H2,2-3H3,(H,32,33)/t19?,25-,26+,28+,29?/m1/s1. The van der Waals surface area contributed by atoms with Gasteiger partial charge in [-0.15, -0.1) is 6.58 Å². The number of allylic oxidation sites excluding steroid dienone is 1. The molecule has 2 fully saturated rings. The summed E-state index contributed by atoms with van der Waals surface area (Å²) in [6, 6.07) is 15.5. The maximum Gasteiger partial charge on any atom is 0.226 e. The fourth-order valence-corrected chi connectivity index (χ4v) is 6.20. The first-order valence-corrected chi connectivity index (χ1v) is 13.1. The van der Waals surface area contributed by atoms with Gasteiger partial charge in [0.15, 0.2) is 0 Å². The van der Waals surface area contributed by atoms with Gasteiger partial charge in [-0.2, -0.15) is 0 Å². The molecule has 0 radical (unpaired) electrons. The quantitative estimate of drug-likeness (QED) is 0.356. The molecule has 1 heterocycles. The van der Waals surface area contributed by atoms with Crippen molar-refractivity contribution in [2.45, 2.75) is 69.9 Å². The smallest absolute Gasteiger partial charge is 0.226 e. The number of aliphatic hydroxyl groups is 1. The third kappa shape index (κ3) is 5.08. The molecule has 1 aliphatic carbocycles. The maximum absolute atomic E-state index is 13.3. The number of benzene rings is 2. The number of rotatable bonds is 9. The Bertz CT molecular complexity index is 1030. The van der Waals surface area contributed by atoms with Crippen LogP contribution >= 0.6 is 23.2 Å². The third-order valence-electron chi connectivity index (χ3n) is 8.02. The second kappa shape index (κ2) is 10.0. The van der Waals surface area contributed by atoms with Crippen LogP contribution in [0.1, 0.15) is 69.4 Å². The van der Waals surface area contributed by atoms with Crippen LogP contribution in [-0.2, 0) is 10.4 Å². The first kappa shape index (κ1) is 25.3. The van der Waals surface area contributed by atoms with E-state index in [0.29, 0.717) is 22.9 Å². The van der Waals surface area contributed by atoms with Crippen molar-refractivity contribution in [2.24, 2.45) is 17.3 Å². The van der Waals surface area contributed by atoms with Gasteiger partial charge in [0, 0.05) is 22.0 Å². The van der Waals surface area contributed by atoms with Crippen molar-refractivity contribution in [1.82, 2.24) is 5.32 Å². The molecule has 0 bridgehead atoms. The van der Waals surface area contributed by atoms with E-state index in [4.69, 9.17) is 23.2 Å². The van der Waals surface area contributed by atoms with Crippen LogP contribution in [0.15, 0.2) is 61.2 Å². The molecule has 2 unspecified atom stereocenters. The van der Waals surface area contributed by atoms with Gasteiger partial charge in [0.25, 0.3) is 0 Å². The predicted molar refractivity (Wildman–Crippen MR) is 140 cm³/mol. The zero-order valence-electron chi connectivity index (χ0n) is 20.1. The minimum absolute atomic E-state index is 0.0654. The van der Waals surface area contributed by atoms with Crippen molar-refractivity contribution >= 4 is 29.1 Å². The lowest BCUT2D eigenvalue weighted by Crippen LogP contribution is -2.56. The average Bonchev–Trinajstić information content (AvgIpc) is 3.66. The molecule has 5 heteroatoms. The fraction of sp³-hybridized carbons (Fsp3) is 0.483. The van der Waals surface area contributed by atoms with E-state index >= 15 is 0 Å². The number of carbonyl (C=O) groups excluding carboxylic acids is 1. The number of hydrogen-bond acceptors (Lipinski definition) is 2. The van der Waals surface area contributed by atoms with E-state index in [2.05, 4.69) is 24.9 Å². The van der Waals surface area contributed by atoms with Gasteiger partial charge in [0.05, 0.1) is 11.0 Å². The number of hydrogen-bond donors (Lipinski definition) is 2. The lowest BCUT2D eigenvalue weighted by Gasteiger charge is -2.47. The Labute approximate surface area is 213 Å². The van der Waals surface area contributed by atoms with Crippen molar-refractivity contribution in [2.75, 3.05) is 0 Å². The Hall–Kier alpha value is -1.81. The summed E-state index contributed by atoms with van der Waals surface area (Å²) in [4.78, 5) is 13.3. The van der Waals surface area contributed by atoms with Crippen molar-refractivity contribution < 1.29 is 9.90 Å². The highest BCUT2D eigenvalue weighted by atomic mass is 35.5. The van der Waals surface area contributed by atoms with Crippen molar-refractivity contribution in [1.29, 1.82) is 0 Å². The van der Waals surface area contributed by atoms with Gasteiger partial charge in [-0.25, -0.2) is 0 Å². The molecule has 1 saturated carbocycles. The minimum Gasteiger partial charge on any atom is -0.385 e. The number of nitrogens with one attached hydrogen (secondary N) is 1. The third-order valence-corrected chi connectivity index (χ3v) is 8.51. The molecule has 1 saturated heterocycles. The molecule has 1 amide bonds. The zero-order chi connectivity index (χ0) is 24.5. The van der Waals surface area contributed by atoms with E-state index in [1.807, 2.05) is 55.5 Å². The van der Waals surface area contributed by atoms with Crippen LogP contribution < -0.4 is 5.32 Å². The highest BCUT2D eigenvalue weighted by molar-refractivity contribution is 6.30. The maximum atomic E-state index is 13.3. The predicted octanol–water partition coefficient (Wildman–Crippen LogP) is 7.26. The van der Waals surface area contributed by atoms with Gasteiger partial charge in [0.2, 0.25) is 5.91 Å². The van der Waals surface area contributed by atoms with Crippen molar-refractivity contribution in [3.63, 3.8) is 0 Å². The molecule has 1 aliphatic heterocycles. The zero-order valence-corrected chi connectivity index (χ0v) is 21.6. The Morgan fingerprint density at radius 3 is 2.50 bits per heavy atom. The Morgan fingerprint density at radius 1 is 1.21 bits per heavy atom. The molecule has 0 aromatic heterocycles. The van der Waals surface area contributed by atoms with Crippen LogP contribution in [0.2, 0.25) is 10.0 Å². The highest BCUT2D eigenvalue weighted by Gasteiger charge is 2.50. The van der Waals surface area contributed by atoms with Crippen LogP contribution in [0.5, 0.6) is 0 Å². The monoisotopic (exact) mass is 499 g/mol. The Balaban J connectivity index is 1.70. The summed E-state index contributed by atoms with van der Waals surface area (Å²) in [7, 11) is 0. The molecule has 2 aliphatic rings. The minimum atomic E-state index is -0.934. The molecule has 2 N–H and O–H groups in total. The van der Waals surface area contributed by atoms with Gasteiger partial charge in [-0.1, -0.05) is 73.8 Å². The summed E-state index contributed by atoms with van der Waals surface area (Å²) in [6.45, 7) is 8.06. The molecule has 5 atom stereocenters. The van der Waals surface area contributed by atoms with Gasteiger partial charge in [-0.3, -0.25) is 4.79 Å². The van der Waals surface area contributed by atoms with Crippen molar-refractivity contribution in [3.8, 4) is 0 Å². The van der Waals surface area contributed by atoms with Gasteiger partial charge >= 0.3 is 0 Å². The largest absolute Gasteiger partial charge is 0.385 e.